The molecule has 0 radical (unpaired) electrons. The third-order valence-corrected chi connectivity index (χ3v) is 4.65. The molecule has 0 aliphatic heterocycles. The topological polar surface area (TPSA) is 38.0 Å². The lowest BCUT2D eigenvalue weighted by Crippen LogP contribution is -2.38. The SMILES string of the molecule is NNC(C1=CCCCCC1)C1CC1c1ccccc1. The molecule has 1 aromatic rings. The highest BCUT2D eigenvalue weighted by molar-refractivity contribution is 5.30. The van der Waals surface area contributed by atoms with Crippen LogP contribution in [0.1, 0.15) is 50.0 Å². The van der Waals surface area contributed by atoms with Gasteiger partial charge in [-0.25, -0.2) is 0 Å². The summed E-state index contributed by atoms with van der Waals surface area (Å²) < 4.78 is 0. The van der Waals surface area contributed by atoms with Gasteiger partial charge in [0.25, 0.3) is 0 Å². The Labute approximate surface area is 116 Å². The summed E-state index contributed by atoms with van der Waals surface area (Å²) in [5, 5.41) is 0. The Morgan fingerprint density at radius 2 is 1.95 bits per heavy atom. The predicted octanol–water partition coefficient (Wildman–Crippen LogP) is 3.51. The second-order valence-corrected chi connectivity index (χ2v) is 5.94. The lowest BCUT2D eigenvalue weighted by atomic mass is 9.96. The van der Waals surface area contributed by atoms with Crippen molar-refractivity contribution < 1.29 is 0 Å². The van der Waals surface area contributed by atoms with E-state index in [9.17, 15) is 0 Å². The smallest absolute Gasteiger partial charge is 0.0454 e. The maximum absolute atomic E-state index is 5.85. The van der Waals surface area contributed by atoms with Crippen LogP contribution in [0.2, 0.25) is 0 Å². The summed E-state index contributed by atoms with van der Waals surface area (Å²) in [7, 11) is 0. The average Bonchev–Trinajstić information content (AvgIpc) is 3.25. The van der Waals surface area contributed by atoms with Crippen molar-refractivity contribution >= 4 is 0 Å². The quantitative estimate of drug-likeness (QED) is 0.491. The molecule has 2 heteroatoms. The van der Waals surface area contributed by atoms with Gasteiger partial charge in [0.2, 0.25) is 0 Å². The van der Waals surface area contributed by atoms with Gasteiger partial charge in [-0.1, -0.05) is 48.4 Å². The molecule has 0 aromatic heterocycles. The molecule has 1 saturated carbocycles. The summed E-state index contributed by atoms with van der Waals surface area (Å²) in [6.07, 6.45) is 10.2. The summed E-state index contributed by atoms with van der Waals surface area (Å²) in [4.78, 5) is 0. The Morgan fingerprint density at radius 1 is 1.11 bits per heavy atom. The van der Waals surface area contributed by atoms with Crippen molar-refractivity contribution in [2.75, 3.05) is 0 Å². The van der Waals surface area contributed by atoms with Gasteiger partial charge >= 0.3 is 0 Å². The van der Waals surface area contributed by atoms with Gasteiger partial charge in [-0.15, -0.1) is 0 Å². The number of benzene rings is 1. The van der Waals surface area contributed by atoms with E-state index >= 15 is 0 Å². The molecule has 3 unspecified atom stereocenters. The lowest BCUT2D eigenvalue weighted by molar-refractivity contribution is 0.507. The second-order valence-electron chi connectivity index (χ2n) is 5.94. The summed E-state index contributed by atoms with van der Waals surface area (Å²) >= 11 is 0. The van der Waals surface area contributed by atoms with Crippen molar-refractivity contribution in [1.29, 1.82) is 0 Å². The molecule has 2 aliphatic rings. The molecule has 1 aromatic carbocycles. The van der Waals surface area contributed by atoms with E-state index in [-0.39, 0.29) is 0 Å². The van der Waals surface area contributed by atoms with E-state index in [1.54, 1.807) is 5.57 Å². The van der Waals surface area contributed by atoms with Crippen molar-refractivity contribution in [3.63, 3.8) is 0 Å². The number of nitrogens with one attached hydrogen (secondary N) is 1. The summed E-state index contributed by atoms with van der Waals surface area (Å²) in [6.45, 7) is 0. The predicted molar refractivity (Wildman–Crippen MR) is 79.6 cm³/mol. The Bertz CT molecular complexity index is 438. The number of allylic oxidation sites excluding steroid dienone is 1. The molecule has 0 bridgehead atoms. The van der Waals surface area contributed by atoms with E-state index in [0.717, 1.165) is 0 Å². The van der Waals surface area contributed by atoms with E-state index in [1.165, 1.54) is 44.1 Å². The molecule has 0 heterocycles. The van der Waals surface area contributed by atoms with Crippen LogP contribution >= 0.6 is 0 Å². The van der Waals surface area contributed by atoms with Gasteiger partial charge in [0.05, 0.1) is 0 Å². The molecule has 2 aliphatic carbocycles. The standard InChI is InChI=1S/C17H24N2/c18-19-17(14-10-4-1-2-5-11-14)16-12-15(16)13-8-6-3-7-9-13/h3,6-10,15-17,19H,1-2,4-5,11-12,18H2. The van der Waals surface area contributed by atoms with Crippen molar-refractivity contribution in [3.05, 3.63) is 47.5 Å². The van der Waals surface area contributed by atoms with Gasteiger partial charge in [-0.2, -0.15) is 0 Å². The third-order valence-electron chi connectivity index (χ3n) is 4.65. The molecule has 19 heavy (non-hydrogen) atoms. The largest absolute Gasteiger partial charge is 0.271 e. The fraction of sp³-hybridized carbons (Fsp3) is 0.529. The number of rotatable bonds is 4. The average molecular weight is 256 g/mol. The maximum Gasteiger partial charge on any atom is 0.0454 e. The first kappa shape index (κ1) is 12.9. The van der Waals surface area contributed by atoms with Crippen LogP contribution in [0.25, 0.3) is 0 Å². The highest BCUT2D eigenvalue weighted by atomic mass is 15.2. The van der Waals surface area contributed by atoms with Crippen LogP contribution in [0.15, 0.2) is 42.0 Å². The molecule has 2 nitrogen and oxygen atoms in total. The van der Waals surface area contributed by atoms with Crippen LogP contribution in [0.3, 0.4) is 0 Å². The summed E-state index contributed by atoms with van der Waals surface area (Å²) in [6, 6.07) is 11.3. The first-order chi connectivity index (χ1) is 9.40. The zero-order chi connectivity index (χ0) is 13.1. The Kier molecular flexibility index (Phi) is 4.00. The first-order valence-electron chi connectivity index (χ1n) is 7.60. The van der Waals surface area contributed by atoms with Crippen LogP contribution in [0, 0.1) is 5.92 Å². The molecule has 3 atom stereocenters. The van der Waals surface area contributed by atoms with Crippen LogP contribution in [-0.4, -0.2) is 6.04 Å². The van der Waals surface area contributed by atoms with Gasteiger partial charge in [0.15, 0.2) is 0 Å². The van der Waals surface area contributed by atoms with Gasteiger partial charge in [0.1, 0.15) is 0 Å². The Morgan fingerprint density at radius 3 is 2.74 bits per heavy atom. The molecular weight excluding hydrogens is 232 g/mol. The third kappa shape index (κ3) is 2.90. The first-order valence-corrected chi connectivity index (χ1v) is 7.60. The molecule has 3 rings (SSSR count). The van der Waals surface area contributed by atoms with Crippen LogP contribution in [-0.2, 0) is 0 Å². The van der Waals surface area contributed by atoms with E-state index in [4.69, 9.17) is 5.84 Å². The van der Waals surface area contributed by atoms with Gasteiger partial charge in [0, 0.05) is 6.04 Å². The molecule has 0 amide bonds. The molecule has 102 valence electrons. The monoisotopic (exact) mass is 256 g/mol. The van der Waals surface area contributed by atoms with Gasteiger partial charge < -0.3 is 0 Å². The maximum atomic E-state index is 5.85. The minimum absolute atomic E-state index is 0.392. The molecule has 1 fully saturated rings. The zero-order valence-electron chi connectivity index (χ0n) is 11.5. The van der Waals surface area contributed by atoms with Crippen molar-refractivity contribution in [1.82, 2.24) is 5.43 Å². The minimum Gasteiger partial charge on any atom is -0.271 e. The summed E-state index contributed by atoms with van der Waals surface area (Å²) in [5.74, 6) is 7.24. The molecule has 3 N–H and O–H groups in total. The highest BCUT2D eigenvalue weighted by Crippen LogP contribution is 2.51. The van der Waals surface area contributed by atoms with E-state index in [0.29, 0.717) is 17.9 Å². The lowest BCUT2D eigenvalue weighted by Gasteiger charge is -2.19. The zero-order valence-corrected chi connectivity index (χ0v) is 11.5. The molecular formula is C17H24N2. The van der Waals surface area contributed by atoms with Crippen LogP contribution < -0.4 is 11.3 Å². The Hall–Kier alpha value is -1.12. The number of hydrogen-bond donors (Lipinski definition) is 2. The number of hydrogen-bond acceptors (Lipinski definition) is 2. The fourth-order valence-corrected chi connectivity index (χ4v) is 3.49. The van der Waals surface area contributed by atoms with Crippen molar-refractivity contribution in [2.45, 2.75) is 50.5 Å². The van der Waals surface area contributed by atoms with Crippen LogP contribution in [0.4, 0.5) is 0 Å². The van der Waals surface area contributed by atoms with E-state index in [2.05, 4.69) is 41.8 Å². The van der Waals surface area contributed by atoms with E-state index in [1.807, 2.05) is 0 Å². The summed E-state index contributed by atoms with van der Waals surface area (Å²) in [5.41, 5.74) is 6.13. The second kappa shape index (κ2) is 5.89. The van der Waals surface area contributed by atoms with Gasteiger partial charge in [-0.3, -0.25) is 11.3 Å². The fourth-order valence-electron chi connectivity index (χ4n) is 3.49. The number of hydrazine groups is 1. The molecule has 0 saturated heterocycles. The minimum atomic E-state index is 0.392. The normalized spacial score (nSPS) is 28.4. The number of nitrogens with two attached hydrogens (primary N) is 1. The van der Waals surface area contributed by atoms with Crippen LogP contribution in [0.5, 0.6) is 0 Å². The van der Waals surface area contributed by atoms with Gasteiger partial charge in [-0.05, 0) is 49.5 Å². The Balaban J connectivity index is 1.69. The van der Waals surface area contributed by atoms with E-state index < -0.39 is 0 Å². The van der Waals surface area contributed by atoms with Crippen molar-refractivity contribution in [3.8, 4) is 0 Å². The van der Waals surface area contributed by atoms with Crippen molar-refractivity contribution in [2.24, 2.45) is 11.8 Å². The highest BCUT2D eigenvalue weighted by Gasteiger charge is 2.44. The molecule has 0 spiro atoms.